The zero-order valence-electron chi connectivity index (χ0n) is 11.4. The van der Waals surface area contributed by atoms with E-state index in [-0.39, 0.29) is 0 Å². The van der Waals surface area contributed by atoms with E-state index in [2.05, 4.69) is 10.4 Å². The van der Waals surface area contributed by atoms with Crippen molar-refractivity contribution >= 4 is 17.3 Å². The molecule has 1 aromatic carbocycles. The Balaban J connectivity index is 2.02. The van der Waals surface area contributed by atoms with Crippen LogP contribution in [0, 0.1) is 6.92 Å². The summed E-state index contributed by atoms with van der Waals surface area (Å²) in [5, 5.41) is 8.29. The van der Waals surface area contributed by atoms with Crippen LogP contribution in [0.15, 0.2) is 24.3 Å². The second kappa shape index (κ2) is 5.97. The highest BCUT2D eigenvalue weighted by Gasteiger charge is 2.10. The molecule has 0 atom stereocenters. The number of hydrogen-bond acceptors (Lipinski definition) is 3. The normalized spacial score (nSPS) is 10.5. The fourth-order valence-corrected chi connectivity index (χ4v) is 2.14. The van der Waals surface area contributed by atoms with Crippen molar-refractivity contribution in [2.24, 2.45) is 7.05 Å². The van der Waals surface area contributed by atoms with E-state index in [0.29, 0.717) is 18.3 Å². The third-order valence-corrected chi connectivity index (χ3v) is 3.38. The number of hydrogen-bond donors (Lipinski definition) is 1. The molecule has 102 valence electrons. The molecule has 0 unspecified atom stereocenters. The van der Waals surface area contributed by atoms with Gasteiger partial charge in [-0.1, -0.05) is 11.6 Å². The van der Waals surface area contributed by atoms with Crippen molar-refractivity contribution in [3.63, 3.8) is 0 Å². The van der Waals surface area contributed by atoms with Gasteiger partial charge in [0.1, 0.15) is 10.9 Å². The largest absolute Gasteiger partial charge is 0.494 e. The van der Waals surface area contributed by atoms with Gasteiger partial charge in [0, 0.05) is 24.8 Å². The van der Waals surface area contributed by atoms with E-state index >= 15 is 0 Å². The molecule has 2 rings (SSSR count). The number of nitrogens with zero attached hydrogens (tertiary/aromatic N) is 2. The predicted octanol–water partition coefficient (Wildman–Crippen LogP) is 3.39. The zero-order chi connectivity index (χ0) is 13.8. The molecule has 0 aliphatic carbocycles. The van der Waals surface area contributed by atoms with Crippen LogP contribution < -0.4 is 10.1 Å². The molecule has 0 spiro atoms. The van der Waals surface area contributed by atoms with Crippen LogP contribution in [0.5, 0.6) is 5.75 Å². The number of aromatic nitrogens is 2. The van der Waals surface area contributed by atoms with Crippen molar-refractivity contribution in [2.45, 2.75) is 20.4 Å². The SMILES string of the molecule is CCOc1ccc(NCc2c(C)nn(C)c2Cl)cc1. The fraction of sp³-hybridized carbons (Fsp3) is 0.357. The van der Waals surface area contributed by atoms with Crippen LogP contribution in [0.3, 0.4) is 0 Å². The van der Waals surface area contributed by atoms with Gasteiger partial charge in [0.25, 0.3) is 0 Å². The molecule has 0 amide bonds. The Labute approximate surface area is 118 Å². The van der Waals surface area contributed by atoms with Crippen LogP contribution in [0.25, 0.3) is 0 Å². The van der Waals surface area contributed by atoms with Crippen LogP contribution in [0.1, 0.15) is 18.2 Å². The van der Waals surface area contributed by atoms with Crippen LogP contribution in [0.4, 0.5) is 5.69 Å². The minimum atomic E-state index is 0.659. The third kappa shape index (κ3) is 3.20. The zero-order valence-corrected chi connectivity index (χ0v) is 12.2. The monoisotopic (exact) mass is 279 g/mol. The number of nitrogens with one attached hydrogen (secondary N) is 1. The molecule has 0 fully saturated rings. The van der Waals surface area contributed by atoms with Gasteiger partial charge >= 0.3 is 0 Å². The lowest BCUT2D eigenvalue weighted by Gasteiger charge is -2.08. The molecule has 0 aliphatic rings. The number of ether oxygens (including phenoxy) is 1. The quantitative estimate of drug-likeness (QED) is 0.912. The number of anilines is 1. The van der Waals surface area contributed by atoms with E-state index in [0.717, 1.165) is 22.7 Å². The lowest BCUT2D eigenvalue weighted by Crippen LogP contribution is -2.01. The van der Waals surface area contributed by atoms with E-state index in [9.17, 15) is 0 Å². The minimum Gasteiger partial charge on any atom is -0.494 e. The summed E-state index contributed by atoms with van der Waals surface area (Å²) >= 11 is 6.19. The molecule has 0 saturated carbocycles. The van der Waals surface area contributed by atoms with Crippen molar-refractivity contribution in [1.82, 2.24) is 9.78 Å². The maximum Gasteiger partial charge on any atom is 0.131 e. The summed E-state index contributed by atoms with van der Waals surface area (Å²) in [7, 11) is 1.84. The van der Waals surface area contributed by atoms with Gasteiger partial charge in [0.15, 0.2) is 0 Å². The molecule has 0 saturated heterocycles. The van der Waals surface area contributed by atoms with E-state index < -0.39 is 0 Å². The molecule has 1 N–H and O–H groups in total. The van der Waals surface area contributed by atoms with Crippen molar-refractivity contribution in [2.75, 3.05) is 11.9 Å². The second-order valence-corrected chi connectivity index (χ2v) is 4.65. The molecule has 0 radical (unpaired) electrons. The van der Waals surface area contributed by atoms with E-state index in [4.69, 9.17) is 16.3 Å². The van der Waals surface area contributed by atoms with E-state index in [1.54, 1.807) is 4.68 Å². The Morgan fingerprint density at radius 2 is 2.00 bits per heavy atom. The molecule has 4 nitrogen and oxygen atoms in total. The first-order valence-electron chi connectivity index (χ1n) is 6.26. The van der Waals surface area contributed by atoms with Gasteiger partial charge in [0.05, 0.1) is 12.3 Å². The molecule has 0 aliphatic heterocycles. The molecule has 2 aromatic rings. The van der Waals surface area contributed by atoms with Crippen LogP contribution >= 0.6 is 11.6 Å². The lowest BCUT2D eigenvalue weighted by molar-refractivity contribution is 0.340. The molecule has 0 bridgehead atoms. The standard InChI is InChI=1S/C14H18ClN3O/c1-4-19-12-7-5-11(6-8-12)16-9-13-10(2)17-18(3)14(13)15/h5-8,16H,4,9H2,1-3H3. The van der Waals surface area contributed by atoms with Crippen LogP contribution in [-0.2, 0) is 13.6 Å². The molecular weight excluding hydrogens is 262 g/mol. The van der Waals surface area contributed by atoms with Gasteiger partial charge in [-0.2, -0.15) is 5.10 Å². The smallest absolute Gasteiger partial charge is 0.131 e. The summed E-state index contributed by atoms with van der Waals surface area (Å²) in [5.41, 5.74) is 3.01. The summed E-state index contributed by atoms with van der Waals surface area (Å²) in [6.07, 6.45) is 0. The Morgan fingerprint density at radius 1 is 1.32 bits per heavy atom. The molecule has 5 heteroatoms. The summed E-state index contributed by atoms with van der Waals surface area (Å²) in [5.74, 6) is 0.878. The van der Waals surface area contributed by atoms with E-state index in [1.165, 1.54) is 0 Å². The minimum absolute atomic E-state index is 0.659. The molecule has 1 aromatic heterocycles. The van der Waals surface area contributed by atoms with Gasteiger partial charge < -0.3 is 10.1 Å². The predicted molar refractivity (Wildman–Crippen MR) is 77.9 cm³/mol. The Kier molecular flexibility index (Phi) is 4.32. The highest BCUT2D eigenvalue weighted by atomic mass is 35.5. The highest BCUT2D eigenvalue weighted by molar-refractivity contribution is 6.30. The van der Waals surface area contributed by atoms with Gasteiger partial charge in [-0.15, -0.1) is 0 Å². The molecule has 19 heavy (non-hydrogen) atoms. The Bertz CT molecular complexity index is 549. The third-order valence-electron chi connectivity index (χ3n) is 2.90. The summed E-state index contributed by atoms with van der Waals surface area (Å²) in [4.78, 5) is 0. The second-order valence-electron chi connectivity index (χ2n) is 4.29. The first-order valence-corrected chi connectivity index (χ1v) is 6.64. The lowest BCUT2D eigenvalue weighted by atomic mass is 10.2. The summed E-state index contributed by atoms with van der Waals surface area (Å²) in [6.45, 7) is 5.27. The maximum absolute atomic E-state index is 6.19. The Morgan fingerprint density at radius 3 is 2.53 bits per heavy atom. The molecule has 1 heterocycles. The summed E-state index contributed by atoms with van der Waals surface area (Å²) < 4.78 is 7.09. The fourth-order valence-electron chi connectivity index (χ4n) is 1.90. The van der Waals surface area contributed by atoms with Crippen LogP contribution in [0.2, 0.25) is 5.15 Å². The first-order chi connectivity index (χ1) is 9.11. The number of aryl methyl sites for hydroxylation is 2. The Hall–Kier alpha value is -1.68. The average molecular weight is 280 g/mol. The number of rotatable bonds is 5. The van der Waals surface area contributed by atoms with Crippen LogP contribution in [-0.4, -0.2) is 16.4 Å². The topological polar surface area (TPSA) is 39.1 Å². The van der Waals surface area contributed by atoms with E-state index in [1.807, 2.05) is 45.2 Å². The number of benzene rings is 1. The van der Waals surface area contributed by atoms with Crippen molar-refractivity contribution in [3.8, 4) is 5.75 Å². The van der Waals surface area contributed by atoms with Crippen molar-refractivity contribution in [3.05, 3.63) is 40.7 Å². The summed E-state index contributed by atoms with van der Waals surface area (Å²) in [6, 6.07) is 7.88. The number of halogens is 1. The van der Waals surface area contributed by atoms with Gasteiger partial charge in [-0.3, -0.25) is 4.68 Å². The van der Waals surface area contributed by atoms with Gasteiger partial charge in [0.2, 0.25) is 0 Å². The maximum atomic E-state index is 6.19. The van der Waals surface area contributed by atoms with Gasteiger partial charge in [-0.25, -0.2) is 0 Å². The average Bonchev–Trinajstić information content (AvgIpc) is 2.64. The van der Waals surface area contributed by atoms with Gasteiger partial charge in [-0.05, 0) is 38.1 Å². The first kappa shape index (κ1) is 13.7. The van der Waals surface area contributed by atoms with Crippen molar-refractivity contribution in [1.29, 1.82) is 0 Å². The molecular formula is C14H18ClN3O. The highest BCUT2D eigenvalue weighted by Crippen LogP contribution is 2.21. The van der Waals surface area contributed by atoms with Crippen molar-refractivity contribution < 1.29 is 4.74 Å².